The molecule has 4 aromatic rings. The van der Waals surface area contributed by atoms with Crippen LogP contribution in [0.3, 0.4) is 0 Å². The smallest absolute Gasteiger partial charge is 0.343 e. The van der Waals surface area contributed by atoms with Gasteiger partial charge in [-0.05, 0) is 104 Å². The Balaban J connectivity index is 1.41. The minimum Gasteiger partial charge on any atom is -0.508 e. The summed E-state index contributed by atoms with van der Waals surface area (Å²) in [6.45, 7) is 10.1. The van der Waals surface area contributed by atoms with Crippen molar-refractivity contribution in [3.63, 3.8) is 0 Å². The summed E-state index contributed by atoms with van der Waals surface area (Å²) < 4.78 is 17.0. The molecule has 0 aliphatic carbocycles. The molecule has 0 aliphatic heterocycles. The van der Waals surface area contributed by atoms with Gasteiger partial charge in [0, 0.05) is 12.5 Å². The monoisotopic (exact) mass is 524 g/mol. The van der Waals surface area contributed by atoms with Crippen LogP contribution in [0, 0.1) is 13.8 Å². The van der Waals surface area contributed by atoms with Crippen molar-refractivity contribution in [1.82, 2.24) is 0 Å². The van der Waals surface area contributed by atoms with E-state index in [2.05, 4.69) is 13.8 Å². The SMILES string of the molecule is COC(C)Cc1ccc(Oc2ccc(C(=O)Oc3ccc(C(C)(C)c4ccc(O)c(C)c4)cc3C)cc2)cc1. The molecule has 0 aromatic heterocycles. The van der Waals surface area contributed by atoms with Gasteiger partial charge in [0.25, 0.3) is 0 Å². The molecule has 1 unspecified atom stereocenters. The van der Waals surface area contributed by atoms with E-state index in [1.165, 1.54) is 5.56 Å². The Morgan fingerprint density at radius 2 is 1.38 bits per heavy atom. The fourth-order valence-corrected chi connectivity index (χ4v) is 4.43. The van der Waals surface area contributed by atoms with Crippen molar-refractivity contribution >= 4 is 5.97 Å². The molecular formula is C34H36O5. The molecule has 1 N–H and O–H groups in total. The lowest BCUT2D eigenvalue weighted by Gasteiger charge is -2.27. The van der Waals surface area contributed by atoms with Crippen molar-refractivity contribution in [2.75, 3.05) is 7.11 Å². The van der Waals surface area contributed by atoms with Crippen molar-refractivity contribution in [1.29, 1.82) is 0 Å². The lowest BCUT2D eigenvalue weighted by molar-refractivity contribution is 0.0733. The summed E-state index contributed by atoms with van der Waals surface area (Å²) in [5, 5.41) is 9.90. The van der Waals surface area contributed by atoms with Crippen LogP contribution in [-0.4, -0.2) is 24.3 Å². The molecule has 4 aromatic carbocycles. The quantitative estimate of drug-likeness (QED) is 0.178. The maximum Gasteiger partial charge on any atom is 0.343 e. The summed E-state index contributed by atoms with van der Waals surface area (Å²) in [4.78, 5) is 12.9. The zero-order valence-corrected chi connectivity index (χ0v) is 23.4. The molecule has 39 heavy (non-hydrogen) atoms. The Kier molecular flexibility index (Phi) is 8.41. The summed E-state index contributed by atoms with van der Waals surface area (Å²) in [6, 6.07) is 26.4. The molecule has 0 heterocycles. The average Bonchev–Trinajstić information content (AvgIpc) is 2.92. The second kappa shape index (κ2) is 11.7. The van der Waals surface area contributed by atoms with E-state index in [1.54, 1.807) is 37.4 Å². The van der Waals surface area contributed by atoms with Gasteiger partial charge in [-0.2, -0.15) is 0 Å². The van der Waals surface area contributed by atoms with Crippen LogP contribution in [0.5, 0.6) is 23.0 Å². The molecular weight excluding hydrogens is 488 g/mol. The predicted molar refractivity (Wildman–Crippen MR) is 154 cm³/mol. The van der Waals surface area contributed by atoms with Crippen molar-refractivity contribution in [3.8, 4) is 23.0 Å². The molecule has 5 nitrogen and oxygen atoms in total. The van der Waals surface area contributed by atoms with Crippen molar-refractivity contribution in [3.05, 3.63) is 118 Å². The predicted octanol–water partition coefficient (Wildman–Crippen LogP) is 7.92. The molecule has 0 radical (unpaired) electrons. The van der Waals surface area contributed by atoms with Gasteiger partial charge in [0.1, 0.15) is 23.0 Å². The second-order valence-corrected chi connectivity index (χ2v) is 10.5. The molecule has 4 rings (SSSR count). The molecule has 0 fully saturated rings. The first-order valence-corrected chi connectivity index (χ1v) is 13.1. The number of aryl methyl sites for hydroxylation is 2. The lowest BCUT2D eigenvalue weighted by atomic mass is 9.77. The second-order valence-electron chi connectivity index (χ2n) is 10.5. The molecule has 0 amide bonds. The normalized spacial score (nSPS) is 12.2. The minimum absolute atomic E-state index is 0.160. The molecule has 1 atom stereocenters. The van der Waals surface area contributed by atoms with Crippen LogP contribution in [0.15, 0.2) is 84.9 Å². The molecule has 0 saturated carbocycles. The summed E-state index contributed by atoms with van der Waals surface area (Å²) >= 11 is 0. The van der Waals surface area contributed by atoms with E-state index in [9.17, 15) is 9.90 Å². The zero-order valence-electron chi connectivity index (χ0n) is 23.4. The number of ether oxygens (including phenoxy) is 3. The third-order valence-corrected chi connectivity index (χ3v) is 7.19. The average molecular weight is 525 g/mol. The first kappa shape index (κ1) is 27.9. The van der Waals surface area contributed by atoms with Gasteiger partial charge < -0.3 is 19.3 Å². The van der Waals surface area contributed by atoms with E-state index in [-0.39, 0.29) is 17.3 Å². The Bertz CT molecular complexity index is 1440. The Labute approximate surface area is 231 Å². The molecule has 202 valence electrons. The van der Waals surface area contributed by atoms with Crippen LogP contribution in [0.2, 0.25) is 0 Å². The van der Waals surface area contributed by atoms with E-state index < -0.39 is 5.97 Å². The van der Waals surface area contributed by atoms with Crippen LogP contribution in [0.1, 0.15) is 58.9 Å². The number of rotatable bonds is 9. The third kappa shape index (κ3) is 6.68. The minimum atomic E-state index is -0.428. The summed E-state index contributed by atoms with van der Waals surface area (Å²) in [7, 11) is 1.71. The fraction of sp³-hybridized carbons (Fsp3) is 0.265. The third-order valence-electron chi connectivity index (χ3n) is 7.19. The first-order chi connectivity index (χ1) is 18.6. The van der Waals surface area contributed by atoms with Crippen LogP contribution in [-0.2, 0) is 16.6 Å². The Hall–Kier alpha value is -4.09. The maximum atomic E-state index is 12.9. The molecule has 5 heteroatoms. The van der Waals surface area contributed by atoms with Gasteiger partial charge >= 0.3 is 5.97 Å². The molecule has 0 spiro atoms. The van der Waals surface area contributed by atoms with Crippen LogP contribution < -0.4 is 9.47 Å². The van der Waals surface area contributed by atoms with Crippen molar-refractivity contribution in [2.45, 2.75) is 52.6 Å². The van der Waals surface area contributed by atoms with Gasteiger partial charge in [0.05, 0.1) is 11.7 Å². The van der Waals surface area contributed by atoms with Gasteiger partial charge in [-0.3, -0.25) is 0 Å². The van der Waals surface area contributed by atoms with E-state index in [0.29, 0.717) is 17.1 Å². The van der Waals surface area contributed by atoms with E-state index in [4.69, 9.17) is 14.2 Å². The number of aromatic hydroxyl groups is 1. The fourth-order valence-electron chi connectivity index (χ4n) is 4.43. The molecule has 0 saturated heterocycles. The topological polar surface area (TPSA) is 65.0 Å². The summed E-state index contributed by atoms with van der Waals surface area (Å²) in [6.07, 6.45) is 0.999. The number of phenols is 1. The number of phenolic OH excluding ortho intramolecular Hbond substituents is 1. The maximum absolute atomic E-state index is 12.9. The molecule has 0 aliphatic rings. The number of hydrogen-bond donors (Lipinski definition) is 1. The van der Waals surface area contributed by atoms with E-state index in [0.717, 1.165) is 34.4 Å². The van der Waals surface area contributed by atoms with Crippen LogP contribution in [0.4, 0.5) is 0 Å². The van der Waals surface area contributed by atoms with Crippen LogP contribution >= 0.6 is 0 Å². The van der Waals surface area contributed by atoms with Crippen molar-refractivity contribution in [2.24, 2.45) is 0 Å². The Morgan fingerprint density at radius 1 is 0.821 bits per heavy atom. The highest BCUT2D eigenvalue weighted by Gasteiger charge is 2.25. The number of carbonyl (C=O) groups excluding carboxylic acids is 1. The van der Waals surface area contributed by atoms with Gasteiger partial charge in [-0.15, -0.1) is 0 Å². The summed E-state index contributed by atoms with van der Waals surface area (Å²) in [5.41, 5.74) is 5.22. The highest BCUT2D eigenvalue weighted by Crippen LogP contribution is 2.36. The van der Waals surface area contributed by atoms with Crippen LogP contribution in [0.25, 0.3) is 0 Å². The first-order valence-electron chi connectivity index (χ1n) is 13.1. The highest BCUT2D eigenvalue weighted by molar-refractivity contribution is 5.91. The van der Waals surface area contributed by atoms with Gasteiger partial charge in [0.15, 0.2) is 0 Å². The van der Waals surface area contributed by atoms with Gasteiger partial charge in [-0.25, -0.2) is 4.79 Å². The van der Waals surface area contributed by atoms with Crippen molar-refractivity contribution < 1.29 is 24.1 Å². The number of esters is 1. The van der Waals surface area contributed by atoms with Gasteiger partial charge in [0.2, 0.25) is 0 Å². The number of carbonyl (C=O) groups is 1. The largest absolute Gasteiger partial charge is 0.508 e. The standard InChI is InChI=1S/C34H36O5/c1-22-19-27(11-17-31(22)35)34(4,5)28-12-18-32(23(2)20-28)39-33(36)26-9-15-30(16-10-26)38-29-13-7-25(8-14-29)21-24(3)37-6/h7-20,24,35H,21H2,1-6H3. The summed E-state index contributed by atoms with van der Waals surface area (Å²) in [5.74, 6) is 1.73. The Morgan fingerprint density at radius 3 is 1.95 bits per heavy atom. The van der Waals surface area contributed by atoms with E-state index >= 15 is 0 Å². The lowest BCUT2D eigenvalue weighted by Crippen LogP contribution is -2.19. The van der Waals surface area contributed by atoms with E-state index in [1.807, 2.05) is 75.4 Å². The highest BCUT2D eigenvalue weighted by atomic mass is 16.5. The van der Waals surface area contributed by atoms with Gasteiger partial charge in [-0.1, -0.05) is 50.2 Å². The number of hydrogen-bond acceptors (Lipinski definition) is 5. The number of methoxy groups -OCH3 is 1. The molecule has 0 bridgehead atoms. The number of benzene rings is 4. The zero-order chi connectivity index (χ0) is 28.2.